The van der Waals surface area contributed by atoms with Gasteiger partial charge in [0.05, 0.1) is 11.5 Å². The minimum absolute atomic E-state index is 0.232. The maximum Gasteiger partial charge on any atom is 0.296 e. The smallest absolute Gasteiger partial charge is 0.296 e. The van der Waals surface area contributed by atoms with Crippen LogP contribution in [0.2, 0.25) is 16.6 Å². The maximum atomic E-state index is 12.6. The van der Waals surface area contributed by atoms with Gasteiger partial charge in [0, 0.05) is 0 Å². The molecule has 0 unspecified atom stereocenters. The minimum atomic E-state index is -3.71. The zero-order valence-corrected chi connectivity index (χ0v) is 31.2. The van der Waals surface area contributed by atoms with Crippen LogP contribution in [0, 0.1) is 30.1 Å². The normalized spacial score (nSPS) is 25.6. The molecule has 248 valence electrons. The second-order valence-corrected chi connectivity index (χ2v) is 22.7. The van der Waals surface area contributed by atoms with E-state index >= 15 is 0 Å². The van der Waals surface area contributed by atoms with Crippen LogP contribution in [0.1, 0.15) is 117 Å². The number of allylic oxidation sites excluding steroid dienone is 2. The number of aryl methyl sites for hydroxylation is 2. The molecule has 2 aromatic rings. The van der Waals surface area contributed by atoms with Crippen LogP contribution >= 0.6 is 0 Å². The molecule has 45 heavy (non-hydrogen) atoms. The molecule has 1 saturated carbocycles. The lowest BCUT2D eigenvalue weighted by Gasteiger charge is -2.51. The van der Waals surface area contributed by atoms with Gasteiger partial charge in [0.15, 0.2) is 0 Å². The first-order chi connectivity index (χ1) is 21.2. The summed E-state index contributed by atoms with van der Waals surface area (Å²) >= 11 is 0. The van der Waals surface area contributed by atoms with Crippen LogP contribution in [0.5, 0.6) is 5.75 Å². The quantitative estimate of drug-likeness (QED) is 0.0993. The van der Waals surface area contributed by atoms with Crippen molar-refractivity contribution in [3.8, 4) is 5.75 Å². The standard InChI is InChI=1S/C39H58O4SSi/c1-26(2)45(27(3)4,28(5)6)43-32-15-19-34-31(25-32)14-18-36-35(34)22-23-39(9)37(20-21-38(36)39)30(8)11-10-24-42-44(40,41)33-16-12-29(7)13-17-33/h12-13,15-17,19-20,25-28,30,35-36,38H,10-11,14,18,21-24H2,1-9H3/t30-,35-,36-,38+,39-/m1/s1. The molecule has 2 aromatic carbocycles. The Morgan fingerprint density at radius 3 is 2.24 bits per heavy atom. The molecular weight excluding hydrogens is 593 g/mol. The molecule has 4 nitrogen and oxygen atoms in total. The third-order valence-electron chi connectivity index (χ3n) is 12.2. The monoisotopic (exact) mass is 650 g/mol. The molecule has 0 bridgehead atoms. The van der Waals surface area contributed by atoms with Crippen molar-refractivity contribution >= 4 is 18.4 Å². The van der Waals surface area contributed by atoms with Crippen LogP contribution in [-0.2, 0) is 20.7 Å². The van der Waals surface area contributed by atoms with Gasteiger partial charge in [0.1, 0.15) is 5.75 Å². The lowest BCUT2D eigenvalue weighted by atomic mass is 9.53. The van der Waals surface area contributed by atoms with E-state index in [9.17, 15) is 8.42 Å². The first-order valence-electron chi connectivity index (χ1n) is 17.7. The molecule has 3 aliphatic carbocycles. The highest BCUT2D eigenvalue weighted by Crippen LogP contribution is 2.62. The molecule has 0 aliphatic heterocycles. The van der Waals surface area contributed by atoms with E-state index in [1.165, 1.54) is 31.2 Å². The van der Waals surface area contributed by atoms with E-state index in [-0.39, 0.29) is 16.9 Å². The van der Waals surface area contributed by atoms with Gasteiger partial charge in [-0.2, -0.15) is 8.42 Å². The van der Waals surface area contributed by atoms with Gasteiger partial charge in [0.2, 0.25) is 0 Å². The van der Waals surface area contributed by atoms with Gasteiger partial charge in [-0.3, -0.25) is 4.18 Å². The van der Waals surface area contributed by atoms with E-state index in [2.05, 4.69) is 79.7 Å². The van der Waals surface area contributed by atoms with Crippen molar-refractivity contribution in [2.24, 2.45) is 23.2 Å². The molecule has 1 fully saturated rings. The van der Waals surface area contributed by atoms with E-state index < -0.39 is 18.4 Å². The van der Waals surface area contributed by atoms with Crippen molar-refractivity contribution in [3.05, 3.63) is 70.8 Å². The van der Waals surface area contributed by atoms with Crippen molar-refractivity contribution in [3.63, 3.8) is 0 Å². The minimum Gasteiger partial charge on any atom is -0.543 e. The molecule has 0 amide bonds. The highest BCUT2D eigenvalue weighted by molar-refractivity contribution is 7.86. The first kappa shape index (κ1) is 34.4. The fourth-order valence-corrected chi connectivity index (χ4v) is 16.2. The van der Waals surface area contributed by atoms with Crippen LogP contribution in [0.25, 0.3) is 0 Å². The number of hydrogen-bond acceptors (Lipinski definition) is 4. The van der Waals surface area contributed by atoms with E-state index in [0.29, 0.717) is 34.4 Å². The van der Waals surface area contributed by atoms with Crippen molar-refractivity contribution < 1.29 is 17.0 Å². The van der Waals surface area contributed by atoms with Crippen molar-refractivity contribution in [1.82, 2.24) is 0 Å². The number of rotatable bonds is 12. The molecular formula is C39H58O4SSi. The summed E-state index contributed by atoms with van der Waals surface area (Å²) in [5.74, 6) is 3.60. The zero-order chi connectivity index (χ0) is 32.7. The van der Waals surface area contributed by atoms with E-state index in [1.807, 2.05) is 19.1 Å². The maximum absolute atomic E-state index is 12.6. The summed E-state index contributed by atoms with van der Waals surface area (Å²) in [6, 6.07) is 14.0. The van der Waals surface area contributed by atoms with Crippen molar-refractivity contribution in [1.29, 1.82) is 0 Å². The van der Waals surface area contributed by atoms with Gasteiger partial charge in [0.25, 0.3) is 18.4 Å². The highest BCUT2D eigenvalue weighted by Gasteiger charge is 2.52. The predicted molar refractivity (Wildman–Crippen MR) is 189 cm³/mol. The predicted octanol–water partition coefficient (Wildman–Crippen LogP) is 10.8. The summed E-state index contributed by atoms with van der Waals surface area (Å²) in [7, 11) is -5.69. The van der Waals surface area contributed by atoms with E-state index in [4.69, 9.17) is 8.61 Å². The van der Waals surface area contributed by atoms with Gasteiger partial charge >= 0.3 is 0 Å². The second kappa shape index (κ2) is 13.3. The summed E-state index contributed by atoms with van der Waals surface area (Å²) in [6.07, 6.45) is 10.3. The van der Waals surface area contributed by atoms with Crippen LogP contribution in [0.15, 0.2) is 59.0 Å². The Balaban J connectivity index is 1.22. The summed E-state index contributed by atoms with van der Waals surface area (Å²) in [5.41, 5.74) is 7.70. The van der Waals surface area contributed by atoms with E-state index in [0.717, 1.165) is 36.5 Å². The molecule has 0 heterocycles. The zero-order valence-electron chi connectivity index (χ0n) is 29.4. The SMILES string of the molecule is Cc1ccc(S(=O)(=O)OCCC[C@@H](C)C2=CC[C@H]3[C@@H]4CCc5cc(O[Si](C(C)C)(C(C)C)C(C)C)ccc5[C@H]4CC[C@]23C)cc1. The third kappa shape index (κ3) is 6.50. The van der Waals surface area contributed by atoms with Gasteiger partial charge in [-0.1, -0.05) is 90.8 Å². The molecule has 0 spiro atoms. The summed E-state index contributed by atoms with van der Waals surface area (Å²) in [6.45, 7) is 21.2. The first-order valence-corrected chi connectivity index (χ1v) is 21.2. The Bertz CT molecular complexity index is 1450. The largest absolute Gasteiger partial charge is 0.543 e. The molecule has 0 aromatic heterocycles. The van der Waals surface area contributed by atoms with E-state index in [1.54, 1.807) is 23.3 Å². The van der Waals surface area contributed by atoms with Crippen molar-refractivity contribution in [2.45, 2.75) is 135 Å². The Labute approximate surface area is 275 Å². The molecule has 0 radical (unpaired) electrons. The van der Waals surface area contributed by atoms with Crippen LogP contribution in [0.4, 0.5) is 0 Å². The van der Waals surface area contributed by atoms with Gasteiger partial charge in [-0.15, -0.1) is 0 Å². The average molecular weight is 651 g/mol. The van der Waals surface area contributed by atoms with Crippen molar-refractivity contribution in [2.75, 3.05) is 6.61 Å². The molecule has 5 rings (SSSR count). The molecule has 6 heteroatoms. The topological polar surface area (TPSA) is 52.6 Å². The third-order valence-corrected chi connectivity index (χ3v) is 19.5. The Hall–Kier alpha value is -1.89. The fraction of sp³-hybridized carbons (Fsp3) is 0.641. The molecule has 0 N–H and O–H groups in total. The lowest BCUT2D eigenvalue weighted by molar-refractivity contribution is 0.0685. The lowest BCUT2D eigenvalue weighted by Crippen LogP contribution is -2.50. The molecule has 5 atom stereocenters. The Morgan fingerprint density at radius 1 is 0.933 bits per heavy atom. The summed E-state index contributed by atoms with van der Waals surface area (Å²) in [5, 5.41) is 0. The number of fused-ring (bicyclic) bond motifs is 5. The Morgan fingerprint density at radius 2 is 1.60 bits per heavy atom. The molecule has 3 aliphatic rings. The van der Waals surface area contributed by atoms with Crippen LogP contribution in [0.3, 0.4) is 0 Å². The number of benzene rings is 2. The van der Waals surface area contributed by atoms with Crippen LogP contribution in [-0.4, -0.2) is 23.3 Å². The van der Waals surface area contributed by atoms with Gasteiger partial charge in [-0.05, 0) is 133 Å². The summed E-state index contributed by atoms with van der Waals surface area (Å²) in [4.78, 5) is 0.237. The fourth-order valence-electron chi connectivity index (χ4n) is 10.0. The second-order valence-electron chi connectivity index (χ2n) is 15.7. The Kier molecular flexibility index (Phi) is 10.2. The highest BCUT2D eigenvalue weighted by atomic mass is 32.2. The average Bonchev–Trinajstić information content (AvgIpc) is 3.34. The van der Waals surface area contributed by atoms with Gasteiger partial charge < -0.3 is 4.43 Å². The molecule has 0 saturated heterocycles. The van der Waals surface area contributed by atoms with Gasteiger partial charge in [-0.25, -0.2) is 0 Å². The summed E-state index contributed by atoms with van der Waals surface area (Å²) < 4.78 is 37.8. The van der Waals surface area contributed by atoms with Crippen LogP contribution < -0.4 is 4.43 Å². The number of hydrogen-bond donors (Lipinski definition) is 0.